The molecule has 0 unspecified atom stereocenters. The summed E-state index contributed by atoms with van der Waals surface area (Å²) in [5, 5.41) is 5.10. The Labute approximate surface area is 163 Å². The third-order valence-electron chi connectivity index (χ3n) is 5.78. The molecule has 2 aromatic carbocycles. The number of para-hydroxylation sites is 1. The van der Waals surface area contributed by atoms with E-state index in [2.05, 4.69) is 34.5 Å². The summed E-state index contributed by atoms with van der Waals surface area (Å²) in [6, 6.07) is 15.5. The zero-order valence-electron chi connectivity index (χ0n) is 15.9. The molecular formula is C23H23N3O2. The van der Waals surface area contributed by atoms with Gasteiger partial charge in [0.2, 0.25) is 0 Å². The normalized spacial score (nSPS) is 16.0. The molecule has 1 aliphatic rings. The zero-order valence-corrected chi connectivity index (χ0v) is 15.9. The van der Waals surface area contributed by atoms with Crippen LogP contribution in [0, 0.1) is 0 Å². The van der Waals surface area contributed by atoms with E-state index >= 15 is 0 Å². The SMILES string of the molecule is CN1CCC(c2c[nH]c3ccc(NC(=O)c4cc5ccccc5o4)cc23)CC1. The van der Waals surface area contributed by atoms with Crippen molar-refractivity contribution in [2.45, 2.75) is 18.8 Å². The summed E-state index contributed by atoms with van der Waals surface area (Å²) in [7, 11) is 2.18. The Morgan fingerprint density at radius 3 is 2.79 bits per heavy atom. The number of aromatic amines is 1. The molecule has 0 aliphatic carbocycles. The second-order valence-electron chi connectivity index (χ2n) is 7.68. The highest BCUT2D eigenvalue weighted by Crippen LogP contribution is 2.34. The summed E-state index contributed by atoms with van der Waals surface area (Å²) >= 11 is 0. The van der Waals surface area contributed by atoms with Crippen LogP contribution >= 0.6 is 0 Å². The molecule has 28 heavy (non-hydrogen) atoms. The number of carbonyl (C=O) groups excluding carboxylic acids is 1. The molecule has 1 aliphatic heterocycles. The van der Waals surface area contributed by atoms with Gasteiger partial charge in [-0.15, -0.1) is 0 Å². The number of amides is 1. The molecule has 3 heterocycles. The van der Waals surface area contributed by atoms with E-state index < -0.39 is 0 Å². The average Bonchev–Trinajstić information content (AvgIpc) is 3.32. The van der Waals surface area contributed by atoms with Crippen LogP contribution in [0.2, 0.25) is 0 Å². The summed E-state index contributed by atoms with van der Waals surface area (Å²) in [6.45, 7) is 2.25. The zero-order chi connectivity index (χ0) is 19.1. The number of anilines is 1. The van der Waals surface area contributed by atoms with Crippen LogP contribution in [-0.4, -0.2) is 35.9 Å². The van der Waals surface area contributed by atoms with Gasteiger partial charge in [-0.25, -0.2) is 0 Å². The highest BCUT2D eigenvalue weighted by Gasteiger charge is 2.21. The third-order valence-corrected chi connectivity index (χ3v) is 5.78. The average molecular weight is 373 g/mol. The van der Waals surface area contributed by atoms with Crippen LogP contribution in [0.4, 0.5) is 5.69 Å². The number of hydrogen-bond acceptors (Lipinski definition) is 3. The Morgan fingerprint density at radius 2 is 1.96 bits per heavy atom. The van der Waals surface area contributed by atoms with E-state index in [1.165, 1.54) is 23.8 Å². The molecule has 4 aromatic rings. The number of H-pyrrole nitrogens is 1. The second-order valence-corrected chi connectivity index (χ2v) is 7.68. The number of nitrogens with zero attached hydrogens (tertiary/aromatic N) is 1. The van der Waals surface area contributed by atoms with Gasteiger partial charge in [0.05, 0.1) is 0 Å². The van der Waals surface area contributed by atoms with E-state index in [0.29, 0.717) is 11.7 Å². The predicted molar refractivity (Wildman–Crippen MR) is 112 cm³/mol. The van der Waals surface area contributed by atoms with Gasteiger partial charge in [0.1, 0.15) is 5.58 Å². The molecule has 0 radical (unpaired) electrons. The number of piperidine rings is 1. The molecule has 0 atom stereocenters. The molecule has 1 amide bonds. The standard InChI is InChI=1S/C23H23N3O2/c1-26-10-8-15(9-11-26)19-14-24-20-7-6-17(13-18(19)20)25-23(27)22-12-16-4-2-3-5-21(16)28-22/h2-7,12-15,24H,8-11H2,1H3,(H,25,27). The molecule has 2 aromatic heterocycles. The van der Waals surface area contributed by atoms with E-state index in [4.69, 9.17) is 4.42 Å². The minimum atomic E-state index is -0.230. The summed E-state index contributed by atoms with van der Waals surface area (Å²) in [4.78, 5) is 18.4. The number of furan rings is 1. The summed E-state index contributed by atoms with van der Waals surface area (Å²) < 4.78 is 5.68. The van der Waals surface area contributed by atoms with E-state index in [0.717, 1.165) is 35.3 Å². The molecule has 0 saturated carbocycles. The van der Waals surface area contributed by atoms with E-state index in [-0.39, 0.29) is 5.91 Å². The highest BCUT2D eigenvalue weighted by atomic mass is 16.3. The van der Waals surface area contributed by atoms with Gasteiger partial charge in [0.15, 0.2) is 5.76 Å². The maximum atomic E-state index is 12.7. The van der Waals surface area contributed by atoms with Crippen molar-refractivity contribution in [1.82, 2.24) is 9.88 Å². The largest absolute Gasteiger partial charge is 0.451 e. The number of hydrogen-bond donors (Lipinski definition) is 2. The molecule has 0 bridgehead atoms. The fourth-order valence-corrected chi connectivity index (χ4v) is 4.16. The van der Waals surface area contributed by atoms with Crippen LogP contribution in [0.5, 0.6) is 0 Å². The van der Waals surface area contributed by atoms with Crippen molar-refractivity contribution in [2.24, 2.45) is 0 Å². The monoisotopic (exact) mass is 373 g/mol. The van der Waals surface area contributed by atoms with Gasteiger partial charge in [0.25, 0.3) is 5.91 Å². The van der Waals surface area contributed by atoms with Gasteiger partial charge in [-0.05, 0) is 74.8 Å². The highest BCUT2D eigenvalue weighted by molar-refractivity contribution is 6.05. The molecule has 5 heteroatoms. The van der Waals surface area contributed by atoms with Crippen molar-refractivity contribution < 1.29 is 9.21 Å². The van der Waals surface area contributed by atoms with Crippen molar-refractivity contribution in [3.05, 3.63) is 66.1 Å². The van der Waals surface area contributed by atoms with Gasteiger partial charge in [-0.3, -0.25) is 4.79 Å². The van der Waals surface area contributed by atoms with Crippen molar-refractivity contribution in [3.63, 3.8) is 0 Å². The maximum absolute atomic E-state index is 12.7. The molecule has 1 saturated heterocycles. The first-order valence-corrected chi connectivity index (χ1v) is 9.77. The first-order valence-electron chi connectivity index (χ1n) is 9.77. The Hall–Kier alpha value is -3.05. The van der Waals surface area contributed by atoms with Crippen LogP contribution < -0.4 is 5.32 Å². The Morgan fingerprint density at radius 1 is 1.14 bits per heavy atom. The minimum Gasteiger partial charge on any atom is -0.451 e. The molecule has 0 spiro atoms. The van der Waals surface area contributed by atoms with Crippen LogP contribution in [0.1, 0.15) is 34.9 Å². The number of carbonyl (C=O) groups is 1. The molecule has 5 rings (SSSR count). The number of benzene rings is 2. The Balaban J connectivity index is 1.41. The predicted octanol–water partition coefficient (Wildman–Crippen LogP) is 4.98. The summed E-state index contributed by atoms with van der Waals surface area (Å²) in [6.07, 6.45) is 4.46. The lowest BCUT2D eigenvalue weighted by molar-refractivity contribution is 0.0998. The van der Waals surface area contributed by atoms with Crippen molar-refractivity contribution in [2.75, 3.05) is 25.5 Å². The minimum absolute atomic E-state index is 0.230. The van der Waals surface area contributed by atoms with Gasteiger partial charge < -0.3 is 19.6 Å². The van der Waals surface area contributed by atoms with Crippen molar-refractivity contribution in [1.29, 1.82) is 0 Å². The van der Waals surface area contributed by atoms with E-state index in [1.54, 1.807) is 6.07 Å². The van der Waals surface area contributed by atoms with Crippen LogP contribution in [0.3, 0.4) is 0 Å². The van der Waals surface area contributed by atoms with Crippen molar-refractivity contribution in [3.8, 4) is 0 Å². The fourth-order valence-electron chi connectivity index (χ4n) is 4.16. The van der Waals surface area contributed by atoms with Crippen LogP contribution in [0.25, 0.3) is 21.9 Å². The van der Waals surface area contributed by atoms with Crippen molar-refractivity contribution >= 4 is 33.5 Å². The molecule has 1 fully saturated rings. The quantitative estimate of drug-likeness (QED) is 0.533. The maximum Gasteiger partial charge on any atom is 0.291 e. The summed E-state index contributed by atoms with van der Waals surface area (Å²) in [5.41, 5.74) is 3.96. The molecule has 5 nitrogen and oxygen atoms in total. The third kappa shape index (κ3) is 3.08. The topological polar surface area (TPSA) is 61.3 Å². The number of nitrogens with one attached hydrogen (secondary N) is 2. The first kappa shape index (κ1) is 17.1. The lowest BCUT2D eigenvalue weighted by atomic mass is 9.89. The number of likely N-dealkylation sites (tertiary alicyclic amines) is 1. The molecule has 142 valence electrons. The molecular weight excluding hydrogens is 350 g/mol. The lowest BCUT2D eigenvalue weighted by Gasteiger charge is -2.28. The van der Waals surface area contributed by atoms with E-state index in [9.17, 15) is 4.79 Å². The van der Waals surface area contributed by atoms with Gasteiger partial charge >= 0.3 is 0 Å². The van der Waals surface area contributed by atoms with Gasteiger partial charge in [-0.2, -0.15) is 0 Å². The number of aromatic nitrogens is 1. The lowest BCUT2D eigenvalue weighted by Crippen LogP contribution is -2.29. The van der Waals surface area contributed by atoms with Gasteiger partial charge in [-0.1, -0.05) is 18.2 Å². The fraction of sp³-hybridized carbons (Fsp3) is 0.261. The van der Waals surface area contributed by atoms with Gasteiger partial charge in [0, 0.05) is 28.2 Å². The van der Waals surface area contributed by atoms with E-state index in [1.807, 2.05) is 36.4 Å². The van der Waals surface area contributed by atoms with Crippen LogP contribution in [-0.2, 0) is 0 Å². The Bertz CT molecular complexity index is 1120. The van der Waals surface area contributed by atoms with Crippen LogP contribution in [0.15, 0.2) is 59.1 Å². The smallest absolute Gasteiger partial charge is 0.291 e. The number of rotatable bonds is 3. The summed E-state index contributed by atoms with van der Waals surface area (Å²) in [5.74, 6) is 0.657. The first-order chi connectivity index (χ1) is 13.7. The second kappa shape index (κ2) is 6.84. The Kier molecular flexibility index (Phi) is 4.17. The molecule has 2 N–H and O–H groups in total. The number of fused-ring (bicyclic) bond motifs is 2.